The summed E-state index contributed by atoms with van der Waals surface area (Å²) in [5.74, 6) is 0.773. The fraction of sp³-hybridized carbons (Fsp3) is 0.273. The highest BCUT2D eigenvalue weighted by molar-refractivity contribution is 8.39. The topological polar surface area (TPSA) is 84.6 Å². The van der Waals surface area contributed by atoms with Crippen molar-refractivity contribution in [3.8, 4) is 0 Å². The quantitative estimate of drug-likeness (QED) is 0.677. The Morgan fingerprint density at radius 3 is 3.05 bits per heavy atom. The molecule has 106 valence electrons. The molecule has 0 atom stereocenters. The van der Waals surface area contributed by atoms with Gasteiger partial charge in [-0.25, -0.2) is 0 Å². The van der Waals surface area contributed by atoms with E-state index in [1.54, 1.807) is 11.8 Å². The number of nitrogens with one attached hydrogen (secondary N) is 1. The zero-order chi connectivity index (χ0) is 14.5. The van der Waals surface area contributed by atoms with Crippen LogP contribution in [-0.4, -0.2) is 33.3 Å². The van der Waals surface area contributed by atoms with Crippen LogP contribution >= 0.6 is 35.1 Å². The lowest BCUT2D eigenvalue weighted by atomic mass is 10.2. The Labute approximate surface area is 128 Å². The highest BCUT2D eigenvalue weighted by Gasteiger charge is 2.17. The summed E-state index contributed by atoms with van der Waals surface area (Å²) in [7, 11) is 0. The summed E-state index contributed by atoms with van der Waals surface area (Å²) in [6.07, 6.45) is 0. The van der Waals surface area contributed by atoms with Crippen molar-refractivity contribution in [3.05, 3.63) is 33.3 Å². The van der Waals surface area contributed by atoms with Crippen LogP contribution < -0.4 is 5.32 Å². The molecule has 20 heavy (non-hydrogen) atoms. The molecular weight excluding hydrogens is 322 g/mol. The van der Waals surface area contributed by atoms with E-state index in [2.05, 4.69) is 10.3 Å². The number of benzene rings is 1. The largest absolute Gasteiger partial charge is 0.320 e. The van der Waals surface area contributed by atoms with Crippen molar-refractivity contribution in [1.29, 1.82) is 0 Å². The standard InChI is InChI=1S/C11H10ClN3O3S2/c12-7-1-2-9(15(17)18)8(5-7)14-10(16)6-20-11-13-3-4-19-11/h1-2,5H,3-4,6H2,(H,14,16). The van der Waals surface area contributed by atoms with E-state index in [9.17, 15) is 14.9 Å². The van der Waals surface area contributed by atoms with Crippen LogP contribution in [0.4, 0.5) is 11.4 Å². The summed E-state index contributed by atoms with van der Waals surface area (Å²) < 4.78 is 0.876. The maximum atomic E-state index is 11.8. The lowest BCUT2D eigenvalue weighted by Gasteiger charge is -2.06. The monoisotopic (exact) mass is 331 g/mol. The van der Waals surface area contributed by atoms with Gasteiger partial charge in [0.15, 0.2) is 0 Å². The van der Waals surface area contributed by atoms with Gasteiger partial charge in [-0.2, -0.15) is 0 Å². The van der Waals surface area contributed by atoms with Crippen molar-refractivity contribution in [2.45, 2.75) is 0 Å². The minimum atomic E-state index is -0.560. The molecule has 1 aromatic carbocycles. The van der Waals surface area contributed by atoms with Gasteiger partial charge >= 0.3 is 0 Å². The minimum absolute atomic E-state index is 0.106. The van der Waals surface area contributed by atoms with Gasteiger partial charge in [0, 0.05) is 16.8 Å². The molecule has 0 aliphatic carbocycles. The molecule has 0 spiro atoms. The Morgan fingerprint density at radius 1 is 1.60 bits per heavy atom. The van der Waals surface area contributed by atoms with Crippen LogP contribution in [0.1, 0.15) is 0 Å². The van der Waals surface area contributed by atoms with Crippen LogP contribution in [0.15, 0.2) is 23.2 Å². The molecule has 1 aromatic rings. The first kappa shape index (κ1) is 15.1. The third kappa shape index (κ3) is 4.12. The molecule has 0 bridgehead atoms. The molecular formula is C11H10ClN3O3S2. The van der Waals surface area contributed by atoms with Gasteiger partial charge in [0.05, 0.1) is 17.2 Å². The van der Waals surface area contributed by atoms with Crippen LogP contribution in [0.5, 0.6) is 0 Å². The van der Waals surface area contributed by atoms with Crippen LogP contribution in [0.25, 0.3) is 0 Å². The van der Waals surface area contributed by atoms with Gasteiger partial charge in [-0.1, -0.05) is 35.1 Å². The zero-order valence-electron chi connectivity index (χ0n) is 10.2. The number of rotatable bonds is 4. The highest BCUT2D eigenvalue weighted by Crippen LogP contribution is 2.28. The number of hydrogen-bond donors (Lipinski definition) is 1. The Bertz CT molecular complexity index is 580. The molecule has 9 heteroatoms. The molecule has 0 aromatic heterocycles. The Morgan fingerprint density at radius 2 is 2.40 bits per heavy atom. The summed E-state index contributed by atoms with van der Waals surface area (Å²) in [6.45, 7) is 0.772. The number of amides is 1. The normalized spacial score (nSPS) is 13.9. The van der Waals surface area contributed by atoms with Gasteiger partial charge < -0.3 is 5.32 Å². The molecule has 0 unspecified atom stereocenters. The van der Waals surface area contributed by atoms with Crippen molar-refractivity contribution in [2.24, 2.45) is 4.99 Å². The average molecular weight is 332 g/mol. The van der Waals surface area contributed by atoms with Crippen molar-refractivity contribution in [1.82, 2.24) is 0 Å². The van der Waals surface area contributed by atoms with Gasteiger partial charge in [-0.15, -0.1) is 0 Å². The number of nitrogens with zero attached hydrogens (tertiary/aromatic N) is 2. The maximum Gasteiger partial charge on any atom is 0.292 e. The highest BCUT2D eigenvalue weighted by atomic mass is 35.5. The number of carbonyl (C=O) groups is 1. The van der Waals surface area contributed by atoms with E-state index in [-0.39, 0.29) is 23.0 Å². The number of aliphatic imine (C=N–C) groups is 1. The molecule has 1 heterocycles. The lowest BCUT2D eigenvalue weighted by Crippen LogP contribution is -2.15. The van der Waals surface area contributed by atoms with Crippen LogP contribution in [0.3, 0.4) is 0 Å². The van der Waals surface area contributed by atoms with E-state index in [1.165, 1.54) is 30.0 Å². The van der Waals surface area contributed by atoms with E-state index in [1.807, 2.05) is 0 Å². The molecule has 0 saturated heterocycles. The number of carbonyl (C=O) groups excluding carboxylic acids is 1. The van der Waals surface area contributed by atoms with Crippen molar-refractivity contribution >= 4 is 56.8 Å². The van der Waals surface area contributed by atoms with Crippen molar-refractivity contribution in [3.63, 3.8) is 0 Å². The molecule has 0 fully saturated rings. The van der Waals surface area contributed by atoms with Gasteiger partial charge in [-0.3, -0.25) is 19.9 Å². The molecule has 1 aliphatic heterocycles. The molecule has 0 saturated carbocycles. The smallest absolute Gasteiger partial charge is 0.292 e. The number of nitro benzene ring substituents is 1. The van der Waals surface area contributed by atoms with Crippen LogP contribution in [0.2, 0.25) is 5.02 Å². The number of thioether (sulfide) groups is 2. The average Bonchev–Trinajstić information content (AvgIpc) is 2.89. The van der Waals surface area contributed by atoms with Gasteiger partial charge in [0.1, 0.15) is 10.1 Å². The number of halogens is 1. The van der Waals surface area contributed by atoms with Crippen molar-refractivity contribution < 1.29 is 9.72 Å². The number of nitro groups is 1. The van der Waals surface area contributed by atoms with E-state index in [4.69, 9.17) is 11.6 Å². The summed E-state index contributed by atoms with van der Waals surface area (Å²) in [5.41, 5.74) is -0.0746. The summed E-state index contributed by atoms with van der Waals surface area (Å²) in [5, 5.41) is 13.7. The van der Waals surface area contributed by atoms with Crippen LogP contribution in [-0.2, 0) is 4.79 Å². The number of hydrogen-bond acceptors (Lipinski definition) is 6. The molecule has 1 aliphatic rings. The first-order chi connectivity index (χ1) is 9.56. The fourth-order valence-corrected chi connectivity index (χ4v) is 3.47. The first-order valence-corrected chi connectivity index (χ1v) is 7.95. The van der Waals surface area contributed by atoms with Crippen LogP contribution in [0, 0.1) is 10.1 Å². The minimum Gasteiger partial charge on any atom is -0.320 e. The van der Waals surface area contributed by atoms with E-state index in [0.29, 0.717) is 5.02 Å². The molecule has 1 N–H and O–H groups in total. The zero-order valence-corrected chi connectivity index (χ0v) is 12.6. The van der Waals surface area contributed by atoms with Gasteiger partial charge in [0.2, 0.25) is 5.91 Å². The molecule has 0 radical (unpaired) electrons. The Kier molecular flexibility index (Phi) is 5.27. The van der Waals surface area contributed by atoms with Crippen molar-refractivity contribution in [2.75, 3.05) is 23.4 Å². The van der Waals surface area contributed by atoms with Gasteiger partial charge in [0.25, 0.3) is 5.69 Å². The molecule has 1 amide bonds. The predicted octanol–water partition coefficient (Wildman–Crippen LogP) is 3.02. The number of anilines is 1. The summed E-state index contributed by atoms with van der Waals surface area (Å²) in [4.78, 5) is 26.3. The van der Waals surface area contributed by atoms with E-state index < -0.39 is 4.92 Å². The fourth-order valence-electron chi connectivity index (χ4n) is 1.48. The molecule has 2 rings (SSSR count). The maximum absolute atomic E-state index is 11.8. The SMILES string of the molecule is O=C(CSC1=NCCS1)Nc1cc(Cl)ccc1[N+](=O)[O-]. The lowest BCUT2D eigenvalue weighted by molar-refractivity contribution is -0.383. The third-order valence-corrected chi connectivity index (χ3v) is 4.80. The summed E-state index contributed by atoms with van der Waals surface area (Å²) in [6, 6.07) is 4.04. The Hall–Kier alpha value is -1.25. The second-order valence-electron chi connectivity index (χ2n) is 3.75. The third-order valence-electron chi connectivity index (χ3n) is 2.31. The predicted molar refractivity (Wildman–Crippen MR) is 84.0 cm³/mol. The van der Waals surface area contributed by atoms with Gasteiger partial charge in [-0.05, 0) is 12.1 Å². The second kappa shape index (κ2) is 6.96. The first-order valence-electron chi connectivity index (χ1n) is 5.60. The Balaban J connectivity index is 1.99. The second-order valence-corrected chi connectivity index (χ2v) is 6.49. The summed E-state index contributed by atoms with van der Waals surface area (Å²) >= 11 is 8.72. The molecule has 6 nitrogen and oxygen atoms in total. The van der Waals surface area contributed by atoms with E-state index >= 15 is 0 Å². The van der Waals surface area contributed by atoms with E-state index in [0.717, 1.165) is 16.7 Å².